The molecule has 0 saturated carbocycles. The number of rotatable bonds is 7. The molecule has 0 aromatic heterocycles. The van der Waals surface area contributed by atoms with Gasteiger partial charge >= 0.3 is 0 Å². The summed E-state index contributed by atoms with van der Waals surface area (Å²) in [7, 11) is 0. The molecule has 0 aliphatic rings. The highest BCUT2D eigenvalue weighted by Crippen LogP contribution is 2.34. The maximum atomic E-state index is 12.4. The lowest BCUT2D eigenvalue weighted by molar-refractivity contribution is -0.385. The molecule has 0 spiro atoms. The number of benzene rings is 3. The zero-order chi connectivity index (χ0) is 22.4. The monoisotopic (exact) mass is 483 g/mol. The average molecular weight is 484 g/mol. The number of ether oxygens (including phenoxy) is 1. The molecule has 0 saturated heterocycles. The van der Waals surface area contributed by atoms with E-state index in [9.17, 15) is 20.0 Å². The summed E-state index contributed by atoms with van der Waals surface area (Å²) >= 11 is 3.35. The molecule has 0 aliphatic heterocycles. The number of nitro groups is 1. The summed E-state index contributed by atoms with van der Waals surface area (Å²) in [4.78, 5) is 27.2. The summed E-state index contributed by atoms with van der Waals surface area (Å²) < 4.78 is 5.95. The van der Waals surface area contributed by atoms with Crippen molar-refractivity contribution < 1.29 is 19.6 Å². The summed E-state index contributed by atoms with van der Waals surface area (Å²) in [5.41, 5.74) is 1.56. The number of nitrogens with one attached hydrogen (secondary N) is 1. The Hall–Kier alpha value is -3.72. The molecule has 3 aromatic carbocycles. The largest absolute Gasteiger partial charge is 0.504 e. The van der Waals surface area contributed by atoms with Crippen LogP contribution in [0.5, 0.6) is 11.5 Å². The van der Waals surface area contributed by atoms with E-state index in [1.807, 2.05) is 6.07 Å². The Balaban J connectivity index is 1.77. The summed E-state index contributed by atoms with van der Waals surface area (Å²) in [6.07, 6.45) is 1.32. The molecular formula is C22H18BrN3O5. The number of non-ortho nitro benzene ring substituents is 1. The van der Waals surface area contributed by atoms with Crippen molar-refractivity contribution in [3.05, 3.63) is 86.4 Å². The van der Waals surface area contributed by atoms with Gasteiger partial charge in [0.25, 0.3) is 11.6 Å². The molecule has 3 aromatic rings. The second-order valence-corrected chi connectivity index (χ2v) is 7.17. The fourth-order valence-electron chi connectivity index (χ4n) is 2.70. The number of phenolic OH excluding ortho intramolecular Hbond substituents is 1. The predicted octanol–water partition coefficient (Wildman–Crippen LogP) is 5.46. The van der Waals surface area contributed by atoms with Crippen molar-refractivity contribution in [1.82, 2.24) is 0 Å². The smallest absolute Gasteiger partial charge is 0.274 e. The Morgan fingerprint density at radius 2 is 1.94 bits per heavy atom. The van der Waals surface area contributed by atoms with Gasteiger partial charge in [0.05, 0.1) is 28.8 Å². The topological polar surface area (TPSA) is 114 Å². The Kier molecular flexibility index (Phi) is 6.99. The highest BCUT2D eigenvalue weighted by molar-refractivity contribution is 9.10. The number of nitrogens with zero attached hydrogens (tertiary/aromatic N) is 2. The lowest BCUT2D eigenvalue weighted by atomic mass is 10.1. The first-order chi connectivity index (χ1) is 14.9. The molecule has 158 valence electrons. The van der Waals surface area contributed by atoms with Crippen LogP contribution in [0, 0.1) is 10.1 Å². The standard InChI is InChI=1S/C22H18BrN3O5/c1-2-31-20-12-17(26(29)30)11-14(21(20)27)13-24-15-7-9-16(10-8-15)25-22(28)18-5-3-4-6-19(18)23/h3-13,27H,2H2,1H3,(H,25,28). The number of nitro benzene ring substituents is 1. The first kappa shape index (κ1) is 22.0. The Bertz CT molecular complexity index is 1150. The quantitative estimate of drug-likeness (QED) is 0.263. The van der Waals surface area contributed by atoms with Crippen molar-refractivity contribution in [3.63, 3.8) is 0 Å². The van der Waals surface area contributed by atoms with Crippen molar-refractivity contribution in [2.75, 3.05) is 11.9 Å². The van der Waals surface area contributed by atoms with E-state index in [1.54, 1.807) is 49.4 Å². The number of anilines is 1. The van der Waals surface area contributed by atoms with Gasteiger partial charge in [-0.15, -0.1) is 0 Å². The zero-order valence-electron chi connectivity index (χ0n) is 16.4. The van der Waals surface area contributed by atoms with Crippen LogP contribution >= 0.6 is 15.9 Å². The van der Waals surface area contributed by atoms with Gasteiger partial charge < -0.3 is 15.2 Å². The molecule has 31 heavy (non-hydrogen) atoms. The summed E-state index contributed by atoms with van der Waals surface area (Å²) in [5.74, 6) is -0.467. The Morgan fingerprint density at radius 1 is 1.23 bits per heavy atom. The molecule has 8 nitrogen and oxygen atoms in total. The fourth-order valence-corrected chi connectivity index (χ4v) is 3.17. The van der Waals surface area contributed by atoms with E-state index < -0.39 is 4.92 Å². The van der Waals surface area contributed by atoms with E-state index in [0.29, 0.717) is 21.4 Å². The van der Waals surface area contributed by atoms with Crippen LogP contribution < -0.4 is 10.1 Å². The number of hydrogen-bond acceptors (Lipinski definition) is 6. The number of carbonyl (C=O) groups is 1. The molecule has 0 fully saturated rings. The summed E-state index contributed by atoms with van der Waals surface area (Å²) in [6, 6.07) is 16.2. The highest BCUT2D eigenvalue weighted by atomic mass is 79.9. The SMILES string of the molecule is CCOc1cc([N+](=O)[O-])cc(C=Nc2ccc(NC(=O)c3ccccc3Br)cc2)c1O. The van der Waals surface area contributed by atoms with Gasteiger partial charge in [-0.05, 0) is 59.3 Å². The van der Waals surface area contributed by atoms with Crippen LogP contribution in [-0.2, 0) is 0 Å². The maximum Gasteiger partial charge on any atom is 0.274 e. The lowest BCUT2D eigenvalue weighted by Crippen LogP contribution is -2.12. The molecule has 0 aliphatic carbocycles. The van der Waals surface area contributed by atoms with Crippen molar-refractivity contribution in [2.45, 2.75) is 6.92 Å². The number of amides is 1. The van der Waals surface area contributed by atoms with Gasteiger partial charge in [0.15, 0.2) is 11.5 Å². The van der Waals surface area contributed by atoms with E-state index in [2.05, 4.69) is 26.2 Å². The van der Waals surface area contributed by atoms with Crippen LogP contribution in [0.15, 0.2) is 70.1 Å². The van der Waals surface area contributed by atoms with Crippen LogP contribution in [0.2, 0.25) is 0 Å². The molecule has 1 amide bonds. The third-order valence-electron chi connectivity index (χ3n) is 4.20. The number of phenols is 1. The van der Waals surface area contributed by atoms with E-state index >= 15 is 0 Å². The second kappa shape index (κ2) is 9.86. The lowest BCUT2D eigenvalue weighted by Gasteiger charge is -2.08. The Morgan fingerprint density at radius 3 is 2.58 bits per heavy atom. The first-order valence-corrected chi connectivity index (χ1v) is 10.0. The van der Waals surface area contributed by atoms with Gasteiger partial charge in [-0.3, -0.25) is 19.9 Å². The van der Waals surface area contributed by atoms with Crippen LogP contribution in [-0.4, -0.2) is 28.8 Å². The summed E-state index contributed by atoms with van der Waals surface area (Å²) in [5, 5.41) is 24.2. The molecule has 0 radical (unpaired) electrons. The highest BCUT2D eigenvalue weighted by Gasteiger charge is 2.16. The van der Waals surface area contributed by atoms with Crippen LogP contribution in [0.1, 0.15) is 22.8 Å². The van der Waals surface area contributed by atoms with Crippen LogP contribution in [0.4, 0.5) is 17.1 Å². The van der Waals surface area contributed by atoms with Gasteiger partial charge in [-0.25, -0.2) is 0 Å². The minimum atomic E-state index is -0.568. The minimum absolute atomic E-state index is 0.0169. The average Bonchev–Trinajstić information content (AvgIpc) is 2.75. The molecule has 0 heterocycles. The Labute approximate surface area is 186 Å². The molecule has 3 rings (SSSR count). The van der Waals surface area contributed by atoms with Crippen molar-refractivity contribution >= 4 is 45.1 Å². The van der Waals surface area contributed by atoms with Gasteiger partial charge in [-0.2, -0.15) is 0 Å². The number of aliphatic imine (C=N–C) groups is 1. The van der Waals surface area contributed by atoms with Crippen molar-refractivity contribution in [2.24, 2.45) is 4.99 Å². The van der Waals surface area contributed by atoms with Gasteiger partial charge in [0.2, 0.25) is 0 Å². The van der Waals surface area contributed by atoms with Gasteiger partial charge in [-0.1, -0.05) is 12.1 Å². The molecule has 0 bridgehead atoms. The fraction of sp³-hybridized carbons (Fsp3) is 0.0909. The van der Waals surface area contributed by atoms with Crippen molar-refractivity contribution in [1.29, 1.82) is 0 Å². The third-order valence-corrected chi connectivity index (χ3v) is 4.89. The number of hydrogen-bond donors (Lipinski definition) is 2. The third kappa shape index (κ3) is 5.46. The van der Waals surface area contributed by atoms with Gasteiger partial charge in [0, 0.05) is 28.0 Å². The van der Waals surface area contributed by atoms with E-state index in [-0.39, 0.29) is 35.3 Å². The maximum absolute atomic E-state index is 12.4. The molecule has 0 unspecified atom stereocenters. The molecule has 2 N–H and O–H groups in total. The predicted molar refractivity (Wildman–Crippen MR) is 122 cm³/mol. The first-order valence-electron chi connectivity index (χ1n) is 9.23. The number of carbonyl (C=O) groups excluding carboxylic acids is 1. The molecule has 9 heteroatoms. The van der Waals surface area contributed by atoms with Crippen LogP contribution in [0.25, 0.3) is 0 Å². The van der Waals surface area contributed by atoms with Crippen molar-refractivity contribution in [3.8, 4) is 11.5 Å². The second-order valence-electron chi connectivity index (χ2n) is 6.31. The van der Waals surface area contributed by atoms with Gasteiger partial charge in [0.1, 0.15) is 0 Å². The number of aromatic hydroxyl groups is 1. The van der Waals surface area contributed by atoms with Crippen LogP contribution in [0.3, 0.4) is 0 Å². The molecular weight excluding hydrogens is 466 g/mol. The summed E-state index contributed by atoms with van der Waals surface area (Å²) in [6.45, 7) is 1.96. The minimum Gasteiger partial charge on any atom is -0.504 e. The zero-order valence-corrected chi connectivity index (χ0v) is 18.0. The van der Waals surface area contributed by atoms with E-state index in [1.165, 1.54) is 18.3 Å². The van der Waals surface area contributed by atoms with E-state index in [0.717, 1.165) is 0 Å². The normalized spacial score (nSPS) is 10.8. The van der Waals surface area contributed by atoms with E-state index in [4.69, 9.17) is 4.74 Å². The number of halogens is 1. The molecule has 0 atom stereocenters.